The van der Waals surface area contributed by atoms with Crippen molar-refractivity contribution < 1.29 is 18.4 Å². The SMILES string of the molecule is CNC(=O)c1cc(CC2CCCN(C(=O)c3cc(F)cc(F)c3)C2)ncn1. The van der Waals surface area contributed by atoms with E-state index in [4.69, 9.17) is 0 Å². The van der Waals surface area contributed by atoms with Gasteiger partial charge in [0.1, 0.15) is 23.7 Å². The molecule has 2 heterocycles. The number of hydrogen-bond acceptors (Lipinski definition) is 4. The minimum Gasteiger partial charge on any atom is -0.354 e. The quantitative estimate of drug-likeness (QED) is 0.890. The Labute approximate surface area is 155 Å². The lowest BCUT2D eigenvalue weighted by Crippen LogP contribution is -2.40. The number of aromatic nitrogens is 2. The van der Waals surface area contributed by atoms with Gasteiger partial charge in [0, 0.05) is 37.5 Å². The standard InChI is InChI=1S/C19H20F2N4O2/c1-22-18(26)17-9-16(23-11-24-17)5-12-3-2-4-25(10-12)19(27)13-6-14(20)8-15(21)7-13/h6-9,11-12H,2-5,10H2,1H3,(H,22,26). The Morgan fingerprint density at radius 3 is 2.63 bits per heavy atom. The summed E-state index contributed by atoms with van der Waals surface area (Å²) in [6.07, 6.45) is 3.64. The van der Waals surface area contributed by atoms with Crippen LogP contribution >= 0.6 is 0 Å². The van der Waals surface area contributed by atoms with Crippen molar-refractivity contribution >= 4 is 11.8 Å². The molecule has 1 aliphatic heterocycles. The van der Waals surface area contributed by atoms with Crippen LogP contribution in [-0.2, 0) is 6.42 Å². The van der Waals surface area contributed by atoms with Crippen LogP contribution in [0, 0.1) is 17.6 Å². The molecule has 2 amide bonds. The van der Waals surface area contributed by atoms with Crippen LogP contribution in [0.4, 0.5) is 8.78 Å². The predicted octanol–water partition coefficient (Wildman–Crippen LogP) is 2.21. The first-order valence-electron chi connectivity index (χ1n) is 8.74. The van der Waals surface area contributed by atoms with Crippen molar-refractivity contribution in [1.82, 2.24) is 20.2 Å². The lowest BCUT2D eigenvalue weighted by molar-refractivity contribution is 0.0671. The van der Waals surface area contributed by atoms with Crippen LogP contribution in [0.3, 0.4) is 0 Å². The topological polar surface area (TPSA) is 75.2 Å². The molecule has 1 aliphatic rings. The molecule has 8 heteroatoms. The van der Waals surface area contributed by atoms with Gasteiger partial charge in [-0.2, -0.15) is 0 Å². The maximum Gasteiger partial charge on any atom is 0.269 e. The zero-order chi connectivity index (χ0) is 19.4. The minimum absolute atomic E-state index is 0.0112. The third kappa shape index (κ3) is 4.64. The molecular formula is C19H20F2N4O2. The van der Waals surface area contributed by atoms with Crippen molar-refractivity contribution in [1.29, 1.82) is 0 Å². The highest BCUT2D eigenvalue weighted by molar-refractivity contribution is 5.94. The third-order valence-electron chi connectivity index (χ3n) is 4.60. The number of benzene rings is 1. The fraction of sp³-hybridized carbons (Fsp3) is 0.368. The average molecular weight is 374 g/mol. The highest BCUT2D eigenvalue weighted by Gasteiger charge is 2.26. The van der Waals surface area contributed by atoms with Crippen molar-refractivity contribution in [2.45, 2.75) is 19.3 Å². The summed E-state index contributed by atoms with van der Waals surface area (Å²) in [7, 11) is 1.53. The number of rotatable bonds is 4. The van der Waals surface area contributed by atoms with Gasteiger partial charge in [0.05, 0.1) is 0 Å². The zero-order valence-electron chi connectivity index (χ0n) is 14.9. The molecule has 1 aromatic heterocycles. The molecular weight excluding hydrogens is 354 g/mol. The van der Waals surface area contributed by atoms with E-state index in [1.54, 1.807) is 11.0 Å². The molecule has 1 N–H and O–H groups in total. The number of carbonyl (C=O) groups is 2. The smallest absolute Gasteiger partial charge is 0.269 e. The molecule has 0 saturated carbocycles. The molecule has 1 aromatic carbocycles. The summed E-state index contributed by atoms with van der Waals surface area (Å²) < 4.78 is 26.8. The van der Waals surface area contributed by atoms with E-state index in [1.165, 1.54) is 13.4 Å². The Hall–Kier alpha value is -2.90. The summed E-state index contributed by atoms with van der Waals surface area (Å²) in [5, 5.41) is 2.52. The van der Waals surface area contributed by atoms with Crippen molar-refractivity contribution in [3.05, 3.63) is 59.2 Å². The molecule has 0 radical (unpaired) electrons. The van der Waals surface area contributed by atoms with Gasteiger partial charge in [0.2, 0.25) is 0 Å². The Bertz CT molecular complexity index is 839. The fourth-order valence-electron chi connectivity index (χ4n) is 3.33. The number of piperidine rings is 1. The summed E-state index contributed by atoms with van der Waals surface area (Å²) in [5.41, 5.74) is 1.03. The highest BCUT2D eigenvalue weighted by Crippen LogP contribution is 2.22. The highest BCUT2D eigenvalue weighted by atomic mass is 19.1. The molecule has 1 saturated heterocycles. The minimum atomic E-state index is -0.769. The molecule has 27 heavy (non-hydrogen) atoms. The molecule has 2 aromatic rings. The second-order valence-corrected chi connectivity index (χ2v) is 6.60. The Morgan fingerprint density at radius 2 is 1.93 bits per heavy atom. The number of nitrogens with zero attached hydrogens (tertiary/aromatic N) is 3. The fourth-order valence-corrected chi connectivity index (χ4v) is 3.33. The Kier molecular flexibility index (Phi) is 5.73. The number of hydrogen-bond donors (Lipinski definition) is 1. The van der Waals surface area contributed by atoms with E-state index in [0.717, 1.165) is 36.7 Å². The van der Waals surface area contributed by atoms with Crippen molar-refractivity contribution in [3.63, 3.8) is 0 Å². The van der Waals surface area contributed by atoms with Gasteiger partial charge >= 0.3 is 0 Å². The number of halogens is 2. The summed E-state index contributed by atoms with van der Waals surface area (Å²) in [5.74, 6) is -2.06. The van der Waals surface area contributed by atoms with E-state index in [-0.39, 0.29) is 23.3 Å². The van der Waals surface area contributed by atoms with Gasteiger partial charge in [-0.1, -0.05) is 0 Å². The van der Waals surface area contributed by atoms with Crippen molar-refractivity contribution in [3.8, 4) is 0 Å². The van der Waals surface area contributed by atoms with Gasteiger partial charge in [-0.3, -0.25) is 9.59 Å². The predicted molar refractivity (Wildman–Crippen MR) is 94.1 cm³/mol. The molecule has 142 valence electrons. The van der Waals surface area contributed by atoms with E-state index in [9.17, 15) is 18.4 Å². The van der Waals surface area contributed by atoms with Crippen LogP contribution in [0.1, 0.15) is 39.4 Å². The van der Waals surface area contributed by atoms with Crippen molar-refractivity contribution in [2.24, 2.45) is 5.92 Å². The largest absolute Gasteiger partial charge is 0.354 e. The number of nitrogens with one attached hydrogen (secondary N) is 1. The van der Waals surface area contributed by atoms with Gasteiger partial charge in [-0.25, -0.2) is 18.7 Å². The summed E-state index contributed by atoms with van der Waals surface area (Å²) in [6, 6.07) is 4.49. The van der Waals surface area contributed by atoms with Crippen LogP contribution in [-0.4, -0.2) is 46.8 Å². The third-order valence-corrected chi connectivity index (χ3v) is 4.60. The monoisotopic (exact) mass is 374 g/mol. The van der Waals surface area contributed by atoms with E-state index in [1.807, 2.05) is 0 Å². The van der Waals surface area contributed by atoms with Gasteiger partial charge in [0.25, 0.3) is 11.8 Å². The lowest BCUT2D eigenvalue weighted by atomic mass is 9.92. The molecule has 6 nitrogen and oxygen atoms in total. The summed E-state index contributed by atoms with van der Waals surface area (Å²) in [6.45, 7) is 1.01. The Morgan fingerprint density at radius 1 is 1.19 bits per heavy atom. The van der Waals surface area contributed by atoms with Crippen LogP contribution < -0.4 is 5.32 Å². The Balaban J connectivity index is 1.69. The maximum absolute atomic E-state index is 13.4. The second kappa shape index (κ2) is 8.20. The number of likely N-dealkylation sites (tertiary alicyclic amines) is 1. The van der Waals surface area contributed by atoms with Crippen LogP contribution in [0.25, 0.3) is 0 Å². The maximum atomic E-state index is 13.4. The molecule has 0 aliphatic carbocycles. The van der Waals surface area contributed by atoms with Crippen LogP contribution in [0.15, 0.2) is 30.6 Å². The van der Waals surface area contributed by atoms with Gasteiger partial charge in [-0.05, 0) is 43.4 Å². The molecule has 1 atom stereocenters. The molecule has 0 bridgehead atoms. The molecule has 3 rings (SSSR count). The van der Waals surface area contributed by atoms with Gasteiger partial charge < -0.3 is 10.2 Å². The van der Waals surface area contributed by atoms with E-state index in [0.29, 0.717) is 25.2 Å². The van der Waals surface area contributed by atoms with Crippen LogP contribution in [0.2, 0.25) is 0 Å². The van der Waals surface area contributed by atoms with E-state index >= 15 is 0 Å². The molecule has 1 unspecified atom stereocenters. The first-order chi connectivity index (χ1) is 13.0. The van der Waals surface area contributed by atoms with Gasteiger partial charge in [0.15, 0.2) is 0 Å². The molecule has 1 fully saturated rings. The van der Waals surface area contributed by atoms with Crippen molar-refractivity contribution in [2.75, 3.05) is 20.1 Å². The first kappa shape index (κ1) is 18.9. The van der Waals surface area contributed by atoms with Gasteiger partial charge in [-0.15, -0.1) is 0 Å². The normalized spacial score (nSPS) is 16.9. The average Bonchev–Trinajstić information content (AvgIpc) is 2.66. The second-order valence-electron chi connectivity index (χ2n) is 6.60. The summed E-state index contributed by atoms with van der Waals surface area (Å²) >= 11 is 0. The zero-order valence-corrected chi connectivity index (χ0v) is 14.9. The summed E-state index contributed by atoms with van der Waals surface area (Å²) in [4.78, 5) is 34.1. The first-order valence-corrected chi connectivity index (χ1v) is 8.74. The van der Waals surface area contributed by atoms with Crippen LogP contribution in [0.5, 0.6) is 0 Å². The molecule has 0 spiro atoms. The lowest BCUT2D eigenvalue weighted by Gasteiger charge is -2.32. The number of amides is 2. The van der Waals surface area contributed by atoms with E-state index in [2.05, 4.69) is 15.3 Å². The number of carbonyl (C=O) groups excluding carboxylic acids is 2. The van der Waals surface area contributed by atoms with E-state index < -0.39 is 11.6 Å².